The molecule has 0 N–H and O–H groups in total. The van der Waals surface area contributed by atoms with Crippen LogP contribution in [-0.4, -0.2) is 25.9 Å². The number of unbranched alkanes of at least 4 members (excludes halogenated alkanes) is 2. The molecule has 0 aromatic rings. The molecule has 0 aliphatic rings. The zero-order valence-electron chi connectivity index (χ0n) is 13.0. The molecular weight excluding hydrogens is 224 g/mol. The van der Waals surface area contributed by atoms with Crippen molar-refractivity contribution in [1.29, 1.82) is 0 Å². The molecule has 0 rings (SSSR count). The molecule has 2 unspecified atom stereocenters. The lowest BCUT2D eigenvalue weighted by Gasteiger charge is -2.26. The van der Waals surface area contributed by atoms with Crippen molar-refractivity contribution in [2.45, 2.75) is 78.7 Å². The van der Waals surface area contributed by atoms with Gasteiger partial charge in [0.2, 0.25) is 0 Å². The van der Waals surface area contributed by atoms with Crippen molar-refractivity contribution in [1.82, 2.24) is 0 Å². The van der Waals surface area contributed by atoms with E-state index in [1.54, 1.807) is 0 Å². The molecule has 0 radical (unpaired) electrons. The van der Waals surface area contributed by atoms with E-state index in [-0.39, 0.29) is 0 Å². The van der Waals surface area contributed by atoms with Crippen molar-refractivity contribution >= 4 is 0 Å². The molecule has 2 atom stereocenters. The summed E-state index contributed by atoms with van der Waals surface area (Å²) >= 11 is 0. The molecule has 0 saturated carbocycles. The number of hydrogen-bond acceptors (Lipinski definition) is 2. The summed E-state index contributed by atoms with van der Waals surface area (Å²) in [4.78, 5) is 0. The van der Waals surface area contributed by atoms with E-state index in [0.717, 1.165) is 26.2 Å². The van der Waals surface area contributed by atoms with Crippen LogP contribution in [0.25, 0.3) is 0 Å². The first kappa shape index (κ1) is 17.9. The summed E-state index contributed by atoms with van der Waals surface area (Å²) in [6.07, 6.45) is 8.68. The van der Waals surface area contributed by atoms with E-state index in [1.807, 2.05) is 0 Å². The second-order valence-electron chi connectivity index (χ2n) is 5.15. The summed E-state index contributed by atoms with van der Waals surface area (Å²) in [5.41, 5.74) is 0. The maximum atomic E-state index is 6.05. The lowest BCUT2D eigenvalue weighted by Crippen LogP contribution is -2.28. The summed E-state index contributed by atoms with van der Waals surface area (Å²) in [6, 6.07) is 0. The Labute approximate surface area is 114 Å². The molecule has 0 bridgehead atoms. The first-order chi connectivity index (χ1) is 8.79. The summed E-state index contributed by atoms with van der Waals surface area (Å²) in [6.45, 7) is 11.6. The SMILES string of the molecule is CCCCOCC(CC)C(CCC)OCCCC. The van der Waals surface area contributed by atoms with Gasteiger partial charge in [0.25, 0.3) is 0 Å². The Morgan fingerprint density at radius 2 is 1.50 bits per heavy atom. The molecule has 0 aromatic heterocycles. The van der Waals surface area contributed by atoms with E-state index in [0.29, 0.717) is 12.0 Å². The average Bonchev–Trinajstić information content (AvgIpc) is 2.38. The van der Waals surface area contributed by atoms with Crippen molar-refractivity contribution in [2.75, 3.05) is 19.8 Å². The molecule has 0 fully saturated rings. The van der Waals surface area contributed by atoms with E-state index in [4.69, 9.17) is 9.47 Å². The molecule has 2 nitrogen and oxygen atoms in total. The average molecular weight is 258 g/mol. The monoisotopic (exact) mass is 258 g/mol. The molecule has 0 aromatic carbocycles. The van der Waals surface area contributed by atoms with Crippen molar-refractivity contribution < 1.29 is 9.47 Å². The Hall–Kier alpha value is -0.0800. The van der Waals surface area contributed by atoms with Crippen molar-refractivity contribution in [3.8, 4) is 0 Å². The number of ether oxygens (including phenoxy) is 2. The van der Waals surface area contributed by atoms with Crippen LogP contribution in [0.15, 0.2) is 0 Å². The Bertz CT molecular complexity index is 159. The van der Waals surface area contributed by atoms with Gasteiger partial charge in [-0.3, -0.25) is 0 Å². The predicted octanol–water partition coefficient (Wildman–Crippen LogP) is 4.81. The molecule has 0 amide bonds. The third-order valence-corrected chi connectivity index (χ3v) is 3.43. The standard InChI is InChI=1S/C16H34O2/c1-5-9-12-17-14-15(8-4)16(11-7-3)18-13-10-6-2/h15-16H,5-14H2,1-4H3. The molecule has 110 valence electrons. The molecule has 18 heavy (non-hydrogen) atoms. The lowest BCUT2D eigenvalue weighted by molar-refractivity contribution is -0.0297. The maximum absolute atomic E-state index is 6.05. The molecule has 0 heterocycles. The summed E-state index contributed by atoms with van der Waals surface area (Å²) in [5, 5.41) is 0. The van der Waals surface area contributed by atoms with Crippen LogP contribution in [0.1, 0.15) is 72.6 Å². The normalized spacial score (nSPS) is 14.7. The van der Waals surface area contributed by atoms with E-state index >= 15 is 0 Å². The molecular formula is C16H34O2. The largest absolute Gasteiger partial charge is 0.381 e. The number of hydrogen-bond donors (Lipinski definition) is 0. The van der Waals surface area contributed by atoms with Crippen LogP contribution in [0.5, 0.6) is 0 Å². The van der Waals surface area contributed by atoms with Gasteiger partial charge in [-0.2, -0.15) is 0 Å². The molecule has 0 aliphatic carbocycles. The van der Waals surface area contributed by atoms with Gasteiger partial charge in [-0.25, -0.2) is 0 Å². The number of rotatable bonds is 13. The first-order valence-electron chi connectivity index (χ1n) is 7.99. The van der Waals surface area contributed by atoms with E-state index in [2.05, 4.69) is 27.7 Å². The Balaban J connectivity index is 3.98. The zero-order valence-corrected chi connectivity index (χ0v) is 13.0. The maximum Gasteiger partial charge on any atom is 0.0625 e. The fourth-order valence-corrected chi connectivity index (χ4v) is 2.09. The van der Waals surface area contributed by atoms with Gasteiger partial charge < -0.3 is 9.47 Å². The Morgan fingerprint density at radius 1 is 0.833 bits per heavy atom. The minimum Gasteiger partial charge on any atom is -0.381 e. The Kier molecular flexibility index (Phi) is 13.3. The van der Waals surface area contributed by atoms with Crippen molar-refractivity contribution in [2.24, 2.45) is 5.92 Å². The van der Waals surface area contributed by atoms with Gasteiger partial charge in [-0.05, 0) is 25.7 Å². The smallest absolute Gasteiger partial charge is 0.0625 e. The zero-order chi connectivity index (χ0) is 13.6. The van der Waals surface area contributed by atoms with E-state index in [9.17, 15) is 0 Å². The van der Waals surface area contributed by atoms with Crippen LogP contribution < -0.4 is 0 Å². The third kappa shape index (κ3) is 8.93. The van der Waals surface area contributed by atoms with Gasteiger partial charge in [-0.15, -0.1) is 0 Å². The molecule has 0 saturated heterocycles. The topological polar surface area (TPSA) is 18.5 Å². The van der Waals surface area contributed by atoms with Gasteiger partial charge in [0.05, 0.1) is 12.7 Å². The second kappa shape index (κ2) is 13.4. The highest BCUT2D eigenvalue weighted by Gasteiger charge is 2.19. The fourth-order valence-electron chi connectivity index (χ4n) is 2.09. The highest BCUT2D eigenvalue weighted by atomic mass is 16.5. The van der Waals surface area contributed by atoms with Crippen LogP contribution in [0.4, 0.5) is 0 Å². The minimum absolute atomic E-state index is 0.396. The van der Waals surface area contributed by atoms with Crippen LogP contribution in [0.2, 0.25) is 0 Å². The van der Waals surface area contributed by atoms with Gasteiger partial charge in [0.15, 0.2) is 0 Å². The summed E-state index contributed by atoms with van der Waals surface area (Å²) in [5.74, 6) is 0.568. The molecule has 0 aliphatic heterocycles. The van der Waals surface area contributed by atoms with Crippen molar-refractivity contribution in [3.63, 3.8) is 0 Å². The lowest BCUT2D eigenvalue weighted by atomic mass is 9.96. The Morgan fingerprint density at radius 3 is 2.06 bits per heavy atom. The minimum atomic E-state index is 0.396. The second-order valence-corrected chi connectivity index (χ2v) is 5.15. The van der Waals surface area contributed by atoms with Gasteiger partial charge in [-0.1, -0.05) is 47.0 Å². The van der Waals surface area contributed by atoms with Gasteiger partial charge in [0, 0.05) is 19.1 Å². The highest BCUT2D eigenvalue weighted by Crippen LogP contribution is 2.18. The van der Waals surface area contributed by atoms with Gasteiger partial charge >= 0.3 is 0 Å². The van der Waals surface area contributed by atoms with Crippen molar-refractivity contribution in [3.05, 3.63) is 0 Å². The van der Waals surface area contributed by atoms with Gasteiger partial charge in [0.1, 0.15) is 0 Å². The van der Waals surface area contributed by atoms with E-state index < -0.39 is 0 Å². The summed E-state index contributed by atoms with van der Waals surface area (Å²) in [7, 11) is 0. The molecule has 0 spiro atoms. The first-order valence-corrected chi connectivity index (χ1v) is 7.99. The quantitative estimate of drug-likeness (QED) is 0.441. The molecule has 2 heteroatoms. The van der Waals surface area contributed by atoms with E-state index in [1.165, 1.54) is 38.5 Å². The summed E-state index contributed by atoms with van der Waals surface area (Å²) < 4.78 is 11.8. The third-order valence-electron chi connectivity index (χ3n) is 3.43. The van der Waals surface area contributed by atoms with Crippen LogP contribution >= 0.6 is 0 Å². The van der Waals surface area contributed by atoms with Crippen LogP contribution in [0, 0.1) is 5.92 Å². The highest BCUT2D eigenvalue weighted by molar-refractivity contribution is 4.69. The predicted molar refractivity (Wildman–Crippen MR) is 79.1 cm³/mol. The van der Waals surface area contributed by atoms with Crippen LogP contribution in [-0.2, 0) is 9.47 Å². The van der Waals surface area contributed by atoms with Crippen LogP contribution in [0.3, 0.4) is 0 Å². The fraction of sp³-hybridized carbons (Fsp3) is 1.00.